The molecule has 0 bridgehead atoms. The first-order chi connectivity index (χ1) is 13.0. The molecule has 4 rings (SSSR count). The van der Waals surface area contributed by atoms with E-state index in [9.17, 15) is 9.18 Å². The molecule has 2 atom stereocenters. The van der Waals surface area contributed by atoms with Crippen molar-refractivity contribution in [1.82, 2.24) is 25.1 Å². The molecule has 7 nitrogen and oxygen atoms in total. The maximum atomic E-state index is 13.8. The number of hydrogen-bond donors (Lipinski definition) is 1. The minimum atomic E-state index is -1.17. The number of hydrogen-bond acceptors (Lipinski definition) is 7. The van der Waals surface area contributed by atoms with Crippen molar-refractivity contribution in [3.8, 4) is 10.7 Å². The fourth-order valence-electron chi connectivity index (χ4n) is 3.11. The second-order valence-electron chi connectivity index (χ2n) is 6.70. The number of rotatable bonds is 3. The molecule has 0 aliphatic carbocycles. The summed E-state index contributed by atoms with van der Waals surface area (Å²) >= 11 is 1.48. The van der Waals surface area contributed by atoms with Crippen LogP contribution >= 0.6 is 11.3 Å². The predicted molar refractivity (Wildman–Crippen MR) is 101 cm³/mol. The maximum Gasteiger partial charge on any atom is 0.228 e. The van der Waals surface area contributed by atoms with E-state index in [1.807, 2.05) is 19.1 Å². The van der Waals surface area contributed by atoms with Crippen LogP contribution in [0, 0.1) is 6.92 Å². The highest BCUT2D eigenvalue weighted by atomic mass is 32.1. The average Bonchev–Trinajstić information content (AvgIpc) is 3.09. The minimum absolute atomic E-state index is 0.0536. The van der Waals surface area contributed by atoms with Gasteiger partial charge in [-0.1, -0.05) is 11.3 Å². The maximum absolute atomic E-state index is 13.8. The molecule has 0 spiro atoms. The van der Waals surface area contributed by atoms with Crippen molar-refractivity contribution in [2.75, 3.05) is 13.1 Å². The summed E-state index contributed by atoms with van der Waals surface area (Å²) in [4.78, 5) is 22.8. The van der Waals surface area contributed by atoms with Gasteiger partial charge in [-0.3, -0.25) is 14.8 Å². The van der Waals surface area contributed by atoms with Crippen LogP contribution in [0.5, 0.6) is 0 Å². The highest BCUT2D eigenvalue weighted by Crippen LogP contribution is 2.25. The fourth-order valence-corrected chi connectivity index (χ4v) is 3.77. The largest absolute Gasteiger partial charge is 0.339 e. The van der Waals surface area contributed by atoms with Gasteiger partial charge in [0.25, 0.3) is 0 Å². The molecule has 1 fully saturated rings. The SMILES string of the molecule is Cc1nnc(-c2cc3cc(CC(=O)N4CC[C@H](N)[C@@H](F)C4)ncc3cn2)s1. The number of piperidine rings is 1. The molecule has 1 amide bonds. The van der Waals surface area contributed by atoms with E-state index in [-0.39, 0.29) is 18.9 Å². The quantitative estimate of drug-likeness (QED) is 0.738. The van der Waals surface area contributed by atoms with Crippen molar-refractivity contribution < 1.29 is 9.18 Å². The number of carbonyl (C=O) groups excluding carboxylic acids is 1. The lowest BCUT2D eigenvalue weighted by molar-refractivity contribution is -0.132. The molecule has 2 N–H and O–H groups in total. The lowest BCUT2D eigenvalue weighted by atomic mass is 10.0. The van der Waals surface area contributed by atoms with Crippen molar-refractivity contribution in [2.45, 2.75) is 32.0 Å². The van der Waals surface area contributed by atoms with E-state index < -0.39 is 12.2 Å². The van der Waals surface area contributed by atoms with E-state index in [4.69, 9.17) is 5.73 Å². The summed E-state index contributed by atoms with van der Waals surface area (Å²) < 4.78 is 13.8. The number of aromatic nitrogens is 4. The molecule has 9 heteroatoms. The van der Waals surface area contributed by atoms with E-state index in [0.29, 0.717) is 18.7 Å². The van der Waals surface area contributed by atoms with E-state index in [0.717, 1.165) is 26.5 Å². The van der Waals surface area contributed by atoms with Gasteiger partial charge in [0.1, 0.15) is 16.9 Å². The zero-order valence-electron chi connectivity index (χ0n) is 14.8. The Bertz CT molecular complexity index is 993. The Morgan fingerprint density at radius 3 is 2.85 bits per heavy atom. The Hall–Kier alpha value is -2.52. The van der Waals surface area contributed by atoms with Gasteiger partial charge in [-0.15, -0.1) is 10.2 Å². The zero-order valence-corrected chi connectivity index (χ0v) is 15.6. The summed E-state index contributed by atoms with van der Waals surface area (Å²) in [5, 5.41) is 11.6. The van der Waals surface area contributed by atoms with Gasteiger partial charge < -0.3 is 10.6 Å². The number of carbonyl (C=O) groups is 1. The Morgan fingerprint density at radius 1 is 1.30 bits per heavy atom. The van der Waals surface area contributed by atoms with Crippen molar-refractivity contribution in [1.29, 1.82) is 0 Å². The van der Waals surface area contributed by atoms with Crippen molar-refractivity contribution in [3.63, 3.8) is 0 Å². The van der Waals surface area contributed by atoms with E-state index >= 15 is 0 Å². The predicted octanol–water partition coefficient (Wildman–Crippen LogP) is 1.90. The molecule has 0 radical (unpaired) electrons. The van der Waals surface area contributed by atoms with Crippen LogP contribution in [0.2, 0.25) is 0 Å². The molecule has 140 valence electrons. The van der Waals surface area contributed by atoms with Crippen molar-refractivity contribution in [3.05, 3.63) is 35.2 Å². The first-order valence-corrected chi connectivity index (χ1v) is 9.54. The molecule has 3 aromatic rings. The summed E-state index contributed by atoms with van der Waals surface area (Å²) in [7, 11) is 0. The molecular weight excluding hydrogens is 367 g/mol. The number of likely N-dealkylation sites (tertiary alicyclic amines) is 1. The molecule has 27 heavy (non-hydrogen) atoms. The van der Waals surface area contributed by atoms with Gasteiger partial charge in [-0.25, -0.2) is 4.39 Å². The van der Waals surface area contributed by atoms with Gasteiger partial charge >= 0.3 is 0 Å². The second-order valence-corrected chi connectivity index (χ2v) is 7.89. The Kier molecular flexibility index (Phi) is 4.79. The van der Waals surface area contributed by atoms with Gasteiger partial charge in [0.2, 0.25) is 5.91 Å². The monoisotopic (exact) mass is 386 g/mol. The van der Waals surface area contributed by atoms with Crippen LogP contribution in [-0.2, 0) is 11.2 Å². The topological polar surface area (TPSA) is 97.9 Å². The van der Waals surface area contributed by atoms with Crippen LogP contribution in [0.3, 0.4) is 0 Å². The van der Waals surface area contributed by atoms with Crippen molar-refractivity contribution in [2.24, 2.45) is 5.73 Å². The average molecular weight is 386 g/mol. The highest BCUT2D eigenvalue weighted by molar-refractivity contribution is 7.14. The number of aryl methyl sites for hydroxylation is 1. The second kappa shape index (κ2) is 7.24. The first kappa shape index (κ1) is 17.9. The summed E-state index contributed by atoms with van der Waals surface area (Å²) in [6.45, 7) is 2.43. The molecule has 0 aromatic carbocycles. The number of nitrogens with zero attached hydrogens (tertiary/aromatic N) is 5. The standard InChI is InChI=1S/C18H19FN6OS/c1-10-23-24-18(27-10)16-5-11-4-13(21-7-12(11)8-22-16)6-17(26)25-3-2-15(20)14(19)9-25/h4-5,7-8,14-15H,2-3,6,9,20H2,1H3/t14-,15-/m0/s1. The highest BCUT2D eigenvalue weighted by Gasteiger charge is 2.29. The minimum Gasteiger partial charge on any atom is -0.339 e. The number of nitrogens with two attached hydrogens (primary N) is 1. The van der Waals surface area contributed by atoms with Gasteiger partial charge in [0.15, 0.2) is 5.01 Å². The van der Waals surface area contributed by atoms with Crippen LogP contribution in [0.25, 0.3) is 21.5 Å². The summed E-state index contributed by atoms with van der Waals surface area (Å²) in [6, 6.07) is 3.31. The lowest BCUT2D eigenvalue weighted by Gasteiger charge is -2.32. The van der Waals surface area contributed by atoms with E-state index in [1.54, 1.807) is 12.4 Å². The van der Waals surface area contributed by atoms with Crippen LogP contribution < -0.4 is 5.73 Å². The lowest BCUT2D eigenvalue weighted by Crippen LogP contribution is -2.50. The molecule has 1 aliphatic rings. The number of halogens is 1. The summed E-state index contributed by atoms with van der Waals surface area (Å²) in [6.07, 6.45) is 2.88. The van der Waals surface area contributed by atoms with Gasteiger partial charge in [0, 0.05) is 30.4 Å². The van der Waals surface area contributed by atoms with Crippen LogP contribution in [-0.4, -0.2) is 56.3 Å². The molecule has 1 saturated heterocycles. The Morgan fingerprint density at radius 2 is 2.11 bits per heavy atom. The third-order valence-corrected chi connectivity index (χ3v) is 5.54. The van der Waals surface area contributed by atoms with E-state index in [2.05, 4.69) is 20.2 Å². The molecule has 1 aliphatic heterocycles. The van der Waals surface area contributed by atoms with E-state index in [1.165, 1.54) is 16.2 Å². The molecule has 4 heterocycles. The third kappa shape index (κ3) is 3.79. The molecule has 0 unspecified atom stereocenters. The summed E-state index contributed by atoms with van der Waals surface area (Å²) in [5.74, 6) is -0.134. The molecule has 0 saturated carbocycles. The van der Waals surface area contributed by atoms with Crippen LogP contribution in [0.4, 0.5) is 4.39 Å². The van der Waals surface area contributed by atoms with Gasteiger partial charge in [-0.05, 0) is 30.9 Å². The zero-order chi connectivity index (χ0) is 19.0. The first-order valence-electron chi connectivity index (χ1n) is 8.72. The number of pyridine rings is 2. The van der Waals surface area contributed by atoms with Gasteiger partial charge in [-0.2, -0.15) is 0 Å². The Balaban J connectivity index is 1.54. The Labute approximate surface area is 159 Å². The van der Waals surface area contributed by atoms with Crippen LogP contribution in [0.1, 0.15) is 17.1 Å². The normalized spacial score (nSPS) is 20.2. The number of fused-ring (bicyclic) bond motifs is 1. The van der Waals surface area contributed by atoms with Crippen molar-refractivity contribution >= 4 is 28.0 Å². The number of amides is 1. The van der Waals surface area contributed by atoms with Crippen LogP contribution in [0.15, 0.2) is 24.5 Å². The molecular formula is C18H19FN6OS. The molecule has 3 aromatic heterocycles. The summed E-state index contributed by atoms with van der Waals surface area (Å²) in [5.41, 5.74) is 7.06. The van der Waals surface area contributed by atoms with Gasteiger partial charge in [0.05, 0.1) is 18.7 Å². The number of alkyl halides is 1. The third-order valence-electron chi connectivity index (χ3n) is 4.68. The smallest absolute Gasteiger partial charge is 0.228 e. The fraction of sp³-hybridized carbons (Fsp3) is 0.389.